The zero-order valence-corrected chi connectivity index (χ0v) is 15.8. The smallest absolute Gasteiger partial charge is 0.418 e. The number of rotatable bonds is 6. The normalized spacial score (nSPS) is 12.0. The Morgan fingerprint density at radius 1 is 1.07 bits per heavy atom. The second-order valence-corrected chi connectivity index (χ2v) is 6.29. The first-order chi connectivity index (χ1) is 13.6. The molecule has 1 unspecified atom stereocenters. The SMILES string of the molecule is CC(OC(=O)CNC(=O)c1ccc(Cl)cc1)C(=O)Nc1ccccc1C(F)(F)F. The van der Waals surface area contributed by atoms with Crippen LogP contribution in [-0.4, -0.2) is 30.4 Å². The van der Waals surface area contributed by atoms with E-state index in [1.54, 1.807) is 0 Å². The summed E-state index contributed by atoms with van der Waals surface area (Å²) in [4.78, 5) is 35.8. The van der Waals surface area contributed by atoms with Gasteiger partial charge >= 0.3 is 12.1 Å². The van der Waals surface area contributed by atoms with Crippen molar-refractivity contribution >= 4 is 35.1 Å². The molecule has 0 radical (unpaired) electrons. The Bertz CT molecular complexity index is 901. The molecular weight excluding hydrogens is 413 g/mol. The molecule has 2 aromatic rings. The van der Waals surface area contributed by atoms with Crippen molar-refractivity contribution in [2.45, 2.75) is 19.2 Å². The zero-order valence-electron chi connectivity index (χ0n) is 15.0. The largest absolute Gasteiger partial charge is 0.451 e. The first-order valence-electron chi connectivity index (χ1n) is 8.28. The molecule has 0 fully saturated rings. The molecule has 0 aliphatic heterocycles. The predicted octanol–water partition coefficient (Wildman–Crippen LogP) is 3.66. The van der Waals surface area contributed by atoms with Gasteiger partial charge in [-0.1, -0.05) is 23.7 Å². The molecule has 0 heterocycles. The molecule has 154 valence electrons. The van der Waals surface area contributed by atoms with Crippen LogP contribution in [0.15, 0.2) is 48.5 Å². The molecule has 1 atom stereocenters. The van der Waals surface area contributed by atoms with Crippen LogP contribution < -0.4 is 10.6 Å². The van der Waals surface area contributed by atoms with E-state index in [4.69, 9.17) is 16.3 Å². The summed E-state index contributed by atoms with van der Waals surface area (Å²) in [5.74, 6) is -2.44. The summed E-state index contributed by atoms with van der Waals surface area (Å²) in [6.45, 7) is 0.669. The van der Waals surface area contributed by atoms with Crippen LogP contribution >= 0.6 is 11.6 Å². The Morgan fingerprint density at radius 3 is 2.31 bits per heavy atom. The van der Waals surface area contributed by atoms with Crippen molar-refractivity contribution in [3.63, 3.8) is 0 Å². The van der Waals surface area contributed by atoms with Gasteiger partial charge in [-0.25, -0.2) is 0 Å². The lowest BCUT2D eigenvalue weighted by molar-refractivity contribution is -0.152. The van der Waals surface area contributed by atoms with E-state index in [9.17, 15) is 27.6 Å². The number of carbonyl (C=O) groups excluding carboxylic acids is 3. The highest BCUT2D eigenvalue weighted by Crippen LogP contribution is 2.34. The Morgan fingerprint density at radius 2 is 1.69 bits per heavy atom. The number of para-hydroxylation sites is 1. The van der Waals surface area contributed by atoms with Crippen molar-refractivity contribution in [2.24, 2.45) is 0 Å². The van der Waals surface area contributed by atoms with Crippen molar-refractivity contribution in [1.82, 2.24) is 5.32 Å². The van der Waals surface area contributed by atoms with Crippen molar-refractivity contribution in [3.8, 4) is 0 Å². The summed E-state index contributed by atoms with van der Waals surface area (Å²) in [5, 5.41) is 4.82. The number of esters is 1. The first kappa shape index (κ1) is 22.2. The number of carbonyl (C=O) groups is 3. The lowest BCUT2D eigenvalue weighted by atomic mass is 10.1. The van der Waals surface area contributed by atoms with E-state index in [-0.39, 0.29) is 5.56 Å². The minimum Gasteiger partial charge on any atom is -0.451 e. The number of alkyl halides is 3. The molecule has 0 aromatic heterocycles. The van der Waals surface area contributed by atoms with Crippen LogP contribution in [0.4, 0.5) is 18.9 Å². The third-order valence-corrected chi connectivity index (χ3v) is 3.92. The fraction of sp³-hybridized carbons (Fsp3) is 0.211. The summed E-state index contributed by atoms with van der Waals surface area (Å²) in [6.07, 6.45) is -6.04. The Kier molecular flexibility index (Phi) is 7.22. The van der Waals surface area contributed by atoms with E-state index in [0.717, 1.165) is 12.1 Å². The van der Waals surface area contributed by atoms with E-state index in [1.807, 2.05) is 0 Å². The van der Waals surface area contributed by atoms with Gasteiger partial charge in [0.2, 0.25) is 0 Å². The molecule has 2 aromatic carbocycles. The fourth-order valence-corrected chi connectivity index (χ4v) is 2.35. The Labute approximate surface area is 169 Å². The molecule has 0 bridgehead atoms. The van der Waals surface area contributed by atoms with Crippen molar-refractivity contribution in [1.29, 1.82) is 0 Å². The lowest BCUT2D eigenvalue weighted by Crippen LogP contribution is -2.36. The fourth-order valence-electron chi connectivity index (χ4n) is 2.22. The maximum atomic E-state index is 13.0. The van der Waals surface area contributed by atoms with Crippen molar-refractivity contribution < 1.29 is 32.3 Å². The Hall–Kier alpha value is -3.07. The van der Waals surface area contributed by atoms with Crippen molar-refractivity contribution in [3.05, 3.63) is 64.7 Å². The van der Waals surface area contributed by atoms with Gasteiger partial charge in [0.15, 0.2) is 6.10 Å². The van der Waals surface area contributed by atoms with Gasteiger partial charge in [-0.2, -0.15) is 13.2 Å². The van der Waals surface area contributed by atoms with Crippen LogP contribution in [0.1, 0.15) is 22.8 Å². The maximum Gasteiger partial charge on any atom is 0.418 e. The predicted molar refractivity (Wildman–Crippen MR) is 99.4 cm³/mol. The van der Waals surface area contributed by atoms with E-state index >= 15 is 0 Å². The van der Waals surface area contributed by atoms with E-state index in [0.29, 0.717) is 5.02 Å². The zero-order chi connectivity index (χ0) is 21.6. The van der Waals surface area contributed by atoms with E-state index < -0.39 is 47.9 Å². The number of amides is 2. The standard InChI is InChI=1S/C19H16ClF3N2O4/c1-11(17(27)25-15-5-3-2-4-14(15)19(21,22)23)29-16(26)10-24-18(28)12-6-8-13(20)9-7-12/h2-9,11H,10H2,1H3,(H,24,28)(H,25,27). The Balaban J connectivity index is 1.89. The van der Waals surface area contributed by atoms with Crippen LogP contribution in [0, 0.1) is 0 Å². The summed E-state index contributed by atoms with van der Waals surface area (Å²) >= 11 is 5.72. The van der Waals surface area contributed by atoms with Gasteiger partial charge < -0.3 is 15.4 Å². The minimum absolute atomic E-state index is 0.261. The van der Waals surface area contributed by atoms with E-state index in [2.05, 4.69) is 10.6 Å². The maximum absolute atomic E-state index is 13.0. The van der Waals surface area contributed by atoms with Crippen LogP contribution in [0.3, 0.4) is 0 Å². The van der Waals surface area contributed by atoms with Gasteiger partial charge in [-0.15, -0.1) is 0 Å². The molecule has 0 saturated heterocycles. The monoisotopic (exact) mass is 428 g/mol. The van der Waals surface area contributed by atoms with Gasteiger partial charge in [0.05, 0.1) is 11.3 Å². The molecule has 2 N–H and O–H groups in total. The average molecular weight is 429 g/mol. The summed E-state index contributed by atoms with van der Waals surface area (Å²) in [7, 11) is 0. The highest BCUT2D eigenvalue weighted by atomic mass is 35.5. The van der Waals surface area contributed by atoms with Crippen LogP contribution in [0.2, 0.25) is 5.02 Å². The number of anilines is 1. The molecule has 2 rings (SSSR count). The number of hydrogen-bond donors (Lipinski definition) is 2. The highest BCUT2D eigenvalue weighted by molar-refractivity contribution is 6.30. The van der Waals surface area contributed by atoms with Gasteiger partial charge in [0, 0.05) is 10.6 Å². The van der Waals surface area contributed by atoms with Gasteiger partial charge in [0.1, 0.15) is 6.54 Å². The molecule has 0 spiro atoms. The summed E-state index contributed by atoms with van der Waals surface area (Å²) in [5.41, 5.74) is -1.22. The van der Waals surface area contributed by atoms with Crippen molar-refractivity contribution in [2.75, 3.05) is 11.9 Å². The quantitative estimate of drug-likeness (QED) is 0.688. The summed E-state index contributed by atoms with van der Waals surface area (Å²) in [6, 6.07) is 10.3. The summed E-state index contributed by atoms with van der Waals surface area (Å²) < 4.78 is 43.7. The second kappa shape index (κ2) is 9.42. The number of nitrogens with one attached hydrogen (secondary N) is 2. The van der Waals surface area contributed by atoms with Crippen LogP contribution in [0.25, 0.3) is 0 Å². The molecule has 0 aliphatic rings. The molecule has 29 heavy (non-hydrogen) atoms. The molecule has 6 nitrogen and oxygen atoms in total. The molecule has 0 aliphatic carbocycles. The van der Waals surface area contributed by atoms with Gasteiger partial charge in [-0.05, 0) is 43.3 Å². The molecule has 0 saturated carbocycles. The van der Waals surface area contributed by atoms with Crippen LogP contribution in [0.5, 0.6) is 0 Å². The third-order valence-electron chi connectivity index (χ3n) is 3.67. The first-order valence-corrected chi connectivity index (χ1v) is 8.66. The topological polar surface area (TPSA) is 84.5 Å². The van der Waals surface area contributed by atoms with Crippen LogP contribution in [-0.2, 0) is 20.5 Å². The number of ether oxygens (including phenoxy) is 1. The number of hydrogen-bond acceptors (Lipinski definition) is 4. The lowest BCUT2D eigenvalue weighted by Gasteiger charge is -2.17. The molecule has 2 amide bonds. The number of benzene rings is 2. The molecule has 10 heteroatoms. The number of halogens is 4. The molecular formula is C19H16ClF3N2O4. The second-order valence-electron chi connectivity index (χ2n) is 5.85. The average Bonchev–Trinajstić information content (AvgIpc) is 2.66. The third kappa shape index (κ3) is 6.49. The van der Waals surface area contributed by atoms with Gasteiger partial charge in [0.25, 0.3) is 11.8 Å². The van der Waals surface area contributed by atoms with Gasteiger partial charge in [-0.3, -0.25) is 14.4 Å². The minimum atomic E-state index is -4.66. The van der Waals surface area contributed by atoms with E-state index in [1.165, 1.54) is 43.3 Å². The highest BCUT2D eigenvalue weighted by Gasteiger charge is 2.34.